The first-order valence-electron chi connectivity index (χ1n) is 5.62. The molecule has 4 heteroatoms. The van der Waals surface area contributed by atoms with E-state index < -0.39 is 0 Å². The Morgan fingerprint density at radius 2 is 2.36 bits per heavy atom. The molecular weight excluding hydrogens is 176 g/mol. The Morgan fingerprint density at radius 1 is 1.43 bits per heavy atom. The van der Waals surface area contributed by atoms with E-state index in [0.29, 0.717) is 12.0 Å². The molecule has 3 heterocycles. The first-order valence-corrected chi connectivity index (χ1v) is 5.62. The Labute approximate surface area is 84.6 Å². The number of fused-ring (bicyclic) bond motifs is 2. The molecule has 3 aliphatic heterocycles. The van der Waals surface area contributed by atoms with Crippen molar-refractivity contribution in [3.8, 4) is 0 Å². The zero-order chi connectivity index (χ0) is 9.60. The molecule has 0 aromatic carbocycles. The number of nitrogens with zero attached hydrogens (tertiary/aromatic N) is 2. The van der Waals surface area contributed by atoms with Crippen LogP contribution in [0.2, 0.25) is 0 Å². The van der Waals surface area contributed by atoms with Crippen molar-refractivity contribution in [3.63, 3.8) is 0 Å². The molecule has 0 bridgehead atoms. The monoisotopic (exact) mass is 194 g/mol. The molecule has 0 aliphatic carbocycles. The van der Waals surface area contributed by atoms with Crippen LogP contribution in [0.25, 0.3) is 0 Å². The standard InChI is InChI=1S/C10H18N4/c11-9-12-7-10(13-9)4-6-14-5-2-1-3-8(10)14/h8H,1-7H2,(H3,11,12,13). The molecule has 0 saturated carbocycles. The summed E-state index contributed by atoms with van der Waals surface area (Å²) in [4.78, 5) is 6.93. The number of hydrogen-bond donors (Lipinski definition) is 2. The van der Waals surface area contributed by atoms with Crippen molar-refractivity contribution in [1.82, 2.24) is 10.2 Å². The summed E-state index contributed by atoms with van der Waals surface area (Å²) in [6.45, 7) is 3.38. The van der Waals surface area contributed by atoms with E-state index in [1.807, 2.05) is 0 Å². The Morgan fingerprint density at radius 3 is 3.14 bits per heavy atom. The Balaban J connectivity index is 1.82. The lowest BCUT2D eigenvalue weighted by Gasteiger charge is -2.38. The van der Waals surface area contributed by atoms with E-state index in [1.54, 1.807) is 0 Å². The zero-order valence-corrected chi connectivity index (χ0v) is 8.50. The summed E-state index contributed by atoms with van der Waals surface area (Å²) in [5.74, 6) is 0.650. The summed E-state index contributed by atoms with van der Waals surface area (Å²) >= 11 is 0. The first kappa shape index (κ1) is 8.53. The predicted molar refractivity (Wildman–Crippen MR) is 56.2 cm³/mol. The number of rotatable bonds is 0. The van der Waals surface area contributed by atoms with Gasteiger partial charge in [-0.05, 0) is 25.8 Å². The zero-order valence-electron chi connectivity index (χ0n) is 8.50. The molecular formula is C10H18N4. The molecule has 2 unspecified atom stereocenters. The van der Waals surface area contributed by atoms with Crippen LogP contribution in [0.3, 0.4) is 0 Å². The van der Waals surface area contributed by atoms with Gasteiger partial charge in [0.25, 0.3) is 0 Å². The normalized spacial score (nSPS) is 42.3. The molecule has 0 amide bonds. The Kier molecular flexibility index (Phi) is 1.74. The third-order valence-corrected chi connectivity index (χ3v) is 4.01. The van der Waals surface area contributed by atoms with E-state index in [4.69, 9.17) is 5.73 Å². The summed E-state index contributed by atoms with van der Waals surface area (Å²) in [5, 5.41) is 3.41. The van der Waals surface area contributed by atoms with E-state index in [1.165, 1.54) is 38.8 Å². The summed E-state index contributed by atoms with van der Waals surface area (Å²) in [6, 6.07) is 0.682. The van der Waals surface area contributed by atoms with Crippen molar-refractivity contribution >= 4 is 5.96 Å². The summed E-state index contributed by atoms with van der Waals surface area (Å²) in [6.07, 6.45) is 5.26. The van der Waals surface area contributed by atoms with E-state index in [0.717, 1.165) is 6.54 Å². The third kappa shape index (κ3) is 1.06. The van der Waals surface area contributed by atoms with Crippen molar-refractivity contribution in [1.29, 1.82) is 0 Å². The van der Waals surface area contributed by atoms with Crippen molar-refractivity contribution in [3.05, 3.63) is 0 Å². The lowest BCUT2D eigenvalue weighted by atomic mass is 9.86. The van der Waals surface area contributed by atoms with Crippen LogP contribution in [-0.4, -0.2) is 42.1 Å². The molecule has 2 saturated heterocycles. The minimum absolute atomic E-state index is 0.199. The largest absolute Gasteiger partial charge is 0.370 e. The minimum Gasteiger partial charge on any atom is -0.370 e. The van der Waals surface area contributed by atoms with Gasteiger partial charge >= 0.3 is 0 Å². The van der Waals surface area contributed by atoms with Crippen LogP contribution in [0.5, 0.6) is 0 Å². The molecule has 0 aromatic rings. The second-order valence-corrected chi connectivity index (χ2v) is 4.78. The van der Waals surface area contributed by atoms with Gasteiger partial charge in [0, 0.05) is 12.6 Å². The fourth-order valence-electron chi connectivity index (χ4n) is 3.28. The van der Waals surface area contributed by atoms with E-state index in [-0.39, 0.29) is 5.54 Å². The van der Waals surface area contributed by atoms with Crippen molar-refractivity contribution < 1.29 is 0 Å². The van der Waals surface area contributed by atoms with Crippen molar-refractivity contribution in [2.24, 2.45) is 10.7 Å². The number of aliphatic imine (C=N–C) groups is 1. The van der Waals surface area contributed by atoms with E-state index in [2.05, 4.69) is 15.2 Å². The Hall–Kier alpha value is -0.770. The van der Waals surface area contributed by atoms with Gasteiger partial charge in [0.05, 0.1) is 12.1 Å². The quantitative estimate of drug-likeness (QED) is 0.566. The highest BCUT2D eigenvalue weighted by Gasteiger charge is 2.49. The highest BCUT2D eigenvalue weighted by Crippen LogP contribution is 2.36. The van der Waals surface area contributed by atoms with Crippen molar-refractivity contribution in [2.45, 2.75) is 37.3 Å². The summed E-state index contributed by atoms with van der Waals surface area (Å²) < 4.78 is 0. The lowest BCUT2D eigenvalue weighted by molar-refractivity contribution is 0.155. The number of nitrogens with one attached hydrogen (secondary N) is 1. The number of hydrogen-bond acceptors (Lipinski definition) is 4. The topological polar surface area (TPSA) is 53.6 Å². The van der Waals surface area contributed by atoms with Crippen LogP contribution in [0.1, 0.15) is 25.7 Å². The highest BCUT2D eigenvalue weighted by molar-refractivity contribution is 5.81. The molecule has 2 fully saturated rings. The summed E-state index contributed by atoms with van der Waals surface area (Å²) in [7, 11) is 0. The lowest BCUT2D eigenvalue weighted by Crippen LogP contribution is -2.57. The highest BCUT2D eigenvalue weighted by atomic mass is 15.3. The predicted octanol–water partition coefficient (Wildman–Crippen LogP) is -0.0987. The molecule has 0 radical (unpaired) electrons. The molecule has 4 nitrogen and oxygen atoms in total. The molecule has 0 aromatic heterocycles. The minimum atomic E-state index is 0.199. The van der Waals surface area contributed by atoms with Crippen LogP contribution < -0.4 is 11.1 Å². The second-order valence-electron chi connectivity index (χ2n) is 4.78. The maximum absolute atomic E-state index is 5.73. The van der Waals surface area contributed by atoms with Gasteiger partial charge in [0.1, 0.15) is 0 Å². The molecule has 78 valence electrons. The van der Waals surface area contributed by atoms with Crippen LogP contribution >= 0.6 is 0 Å². The second kappa shape index (κ2) is 2.86. The van der Waals surface area contributed by atoms with Gasteiger partial charge < -0.3 is 11.1 Å². The number of guanidine groups is 1. The van der Waals surface area contributed by atoms with Crippen LogP contribution in [0.15, 0.2) is 4.99 Å². The molecule has 3 rings (SSSR count). The smallest absolute Gasteiger partial charge is 0.189 e. The maximum Gasteiger partial charge on any atom is 0.189 e. The first-order chi connectivity index (χ1) is 6.80. The van der Waals surface area contributed by atoms with Crippen LogP contribution in [0, 0.1) is 0 Å². The van der Waals surface area contributed by atoms with Crippen LogP contribution in [-0.2, 0) is 0 Å². The van der Waals surface area contributed by atoms with Gasteiger partial charge in [-0.3, -0.25) is 9.89 Å². The molecule has 14 heavy (non-hydrogen) atoms. The maximum atomic E-state index is 5.73. The average molecular weight is 194 g/mol. The van der Waals surface area contributed by atoms with Gasteiger partial charge in [-0.2, -0.15) is 0 Å². The fraction of sp³-hybridized carbons (Fsp3) is 0.900. The molecule has 1 spiro atoms. The Bertz CT molecular complexity index is 275. The summed E-state index contributed by atoms with van der Waals surface area (Å²) in [5.41, 5.74) is 5.93. The third-order valence-electron chi connectivity index (χ3n) is 4.01. The molecule has 2 atom stereocenters. The van der Waals surface area contributed by atoms with Gasteiger partial charge in [0.15, 0.2) is 5.96 Å². The molecule has 3 N–H and O–H groups in total. The van der Waals surface area contributed by atoms with Gasteiger partial charge in [-0.1, -0.05) is 6.42 Å². The SMILES string of the molecule is NC1=NCC2(CCN3CCCCC32)N1. The van der Waals surface area contributed by atoms with Crippen LogP contribution in [0.4, 0.5) is 0 Å². The van der Waals surface area contributed by atoms with E-state index in [9.17, 15) is 0 Å². The van der Waals surface area contributed by atoms with Gasteiger partial charge in [0.2, 0.25) is 0 Å². The van der Waals surface area contributed by atoms with Crippen molar-refractivity contribution in [2.75, 3.05) is 19.6 Å². The van der Waals surface area contributed by atoms with E-state index >= 15 is 0 Å². The average Bonchev–Trinajstić information content (AvgIpc) is 2.75. The number of piperidine rings is 1. The fourth-order valence-corrected chi connectivity index (χ4v) is 3.28. The van der Waals surface area contributed by atoms with Gasteiger partial charge in [-0.25, -0.2) is 0 Å². The van der Waals surface area contributed by atoms with Gasteiger partial charge in [-0.15, -0.1) is 0 Å². The number of nitrogens with two attached hydrogens (primary N) is 1. The molecule has 3 aliphatic rings.